The lowest BCUT2D eigenvalue weighted by molar-refractivity contribution is -0.120. The van der Waals surface area contributed by atoms with Gasteiger partial charge in [-0.3, -0.25) is 4.79 Å². The third-order valence-electron chi connectivity index (χ3n) is 3.01. The van der Waals surface area contributed by atoms with Crippen LogP contribution in [0.5, 0.6) is 5.75 Å². The second kappa shape index (κ2) is 4.52. The van der Waals surface area contributed by atoms with E-state index in [1.54, 1.807) is 0 Å². The van der Waals surface area contributed by atoms with E-state index in [-0.39, 0.29) is 11.7 Å². The van der Waals surface area contributed by atoms with Gasteiger partial charge in [0.15, 0.2) is 0 Å². The number of ether oxygens (including phenoxy) is 1. The average Bonchev–Trinajstić information content (AvgIpc) is 2.72. The first-order chi connectivity index (χ1) is 7.72. The van der Waals surface area contributed by atoms with E-state index in [1.165, 1.54) is 0 Å². The Balaban J connectivity index is 2.13. The second-order valence-corrected chi connectivity index (χ2v) is 4.15. The molecule has 0 bridgehead atoms. The van der Waals surface area contributed by atoms with Gasteiger partial charge in [0.2, 0.25) is 0 Å². The van der Waals surface area contributed by atoms with Gasteiger partial charge in [-0.1, -0.05) is 37.3 Å². The van der Waals surface area contributed by atoms with E-state index in [4.69, 9.17) is 4.74 Å². The summed E-state index contributed by atoms with van der Waals surface area (Å²) in [5, 5.41) is 0. The van der Waals surface area contributed by atoms with Gasteiger partial charge in [-0.05, 0) is 12.5 Å². The molecule has 1 atom stereocenters. The number of allylic oxidation sites excluding steroid dienone is 1. The zero-order valence-corrected chi connectivity index (χ0v) is 9.53. The van der Waals surface area contributed by atoms with Crippen LogP contribution in [-0.4, -0.2) is 12.4 Å². The summed E-state index contributed by atoms with van der Waals surface area (Å²) in [5.41, 5.74) is 2.02. The van der Waals surface area contributed by atoms with E-state index in [9.17, 15) is 4.79 Å². The molecule has 0 saturated carbocycles. The molecule has 2 heteroatoms. The van der Waals surface area contributed by atoms with Crippen LogP contribution in [0.15, 0.2) is 36.4 Å². The van der Waals surface area contributed by atoms with Crippen LogP contribution in [0, 0.1) is 0 Å². The topological polar surface area (TPSA) is 26.3 Å². The Morgan fingerprint density at radius 2 is 2.25 bits per heavy atom. The van der Waals surface area contributed by atoms with E-state index < -0.39 is 0 Å². The predicted octanol–water partition coefficient (Wildman–Crippen LogP) is 3.09. The summed E-state index contributed by atoms with van der Waals surface area (Å²) in [6.45, 7) is 6.38. The lowest BCUT2D eigenvalue weighted by atomic mass is 9.92. The Hall–Kier alpha value is -1.57. The predicted molar refractivity (Wildman–Crippen MR) is 63.7 cm³/mol. The molecule has 1 aromatic carbocycles. The molecule has 1 unspecified atom stereocenters. The van der Waals surface area contributed by atoms with Gasteiger partial charge in [-0.25, -0.2) is 0 Å². The summed E-state index contributed by atoms with van der Waals surface area (Å²) in [6, 6.07) is 7.76. The highest BCUT2D eigenvalue weighted by atomic mass is 16.5. The molecule has 84 valence electrons. The number of benzene rings is 1. The first kappa shape index (κ1) is 10.9. The number of carbonyl (C=O) groups excluding carboxylic acids is 1. The summed E-state index contributed by atoms with van der Waals surface area (Å²) in [6.07, 6.45) is 1.33. The lowest BCUT2D eigenvalue weighted by Crippen LogP contribution is -2.14. The molecule has 0 amide bonds. The zero-order chi connectivity index (χ0) is 11.5. The van der Waals surface area contributed by atoms with Gasteiger partial charge in [-0.15, -0.1) is 0 Å². The molecule has 0 N–H and O–H groups in total. The van der Waals surface area contributed by atoms with Crippen molar-refractivity contribution >= 4 is 5.78 Å². The minimum absolute atomic E-state index is 0.0977. The highest BCUT2D eigenvalue weighted by Gasteiger charge is 2.29. The molecule has 1 aliphatic heterocycles. The number of Topliss-reactive ketones (excluding diaryl/α,β-unsaturated/α-hetero) is 1. The zero-order valence-electron chi connectivity index (χ0n) is 9.53. The highest BCUT2D eigenvalue weighted by molar-refractivity contribution is 5.89. The van der Waals surface area contributed by atoms with Crippen molar-refractivity contribution in [2.45, 2.75) is 25.7 Å². The van der Waals surface area contributed by atoms with Crippen molar-refractivity contribution in [2.24, 2.45) is 0 Å². The van der Waals surface area contributed by atoms with Crippen molar-refractivity contribution in [3.05, 3.63) is 42.0 Å². The van der Waals surface area contributed by atoms with Crippen LogP contribution in [-0.2, 0) is 4.79 Å². The summed E-state index contributed by atoms with van der Waals surface area (Å²) >= 11 is 0. The number of fused-ring (bicyclic) bond motifs is 1. The maximum atomic E-state index is 12.0. The van der Waals surface area contributed by atoms with Gasteiger partial charge >= 0.3 is 0 Å². The van der Waals surface area contributed by atoms with Gasteiger partial charge in [0, 0.05) is 12.0 Å². The van der Waals surface area contributed by atoms with Crippen LogP contribution in [0.25, 0.3) is 0 Å². The molecule has 0 fully saturated rings. The Labute approximate surface area is 95.9 Å². The molecule has 0 spiro atoms. The third kappa shape index (κ3) is 2.01. The largest absolute Gasteiger partial charge is 0.492 e. The minimum Gasteiger partial charge on any atom is -0.492 e. The molecule has 0 saturated heterocycles. The third-order valence-corrected chi connectivity index (χ3v) is 3.01. The van der Waals surface area contributed by atoms with Gasteiger partial charge in [0.1, 0.15) is 18.1 Å². The van der Waals surface area contributed by atoms with Crippen molar-refractivity contribution in [1.82, 2.24) is 0 Å². The number of hydrogen-bond acceptors (Lipinski definition) is 2. The molecular weight excluding hydrogens is 200 g/mol. The van der Waals surface area contributed by atoms with Crippen LogP contribution >= 0.6 is 0 Å². The number of para-hydroxylation sites is 1. The van der Waals surface area contributed by atoms with Crippen molar-refractivity contribution in [1.29, 1.82) is 0 Å². The quantitative estimate of drug-likeness (QED) is 0.723. The van der Waals surface area contributed by atoms with Crippen molar-refractivity contribution < 1.29 is 9.53 Å². The Morgan fingerprint density at radius 3 is 3.00 bits per heavy atom. The first-order valence-electron chi connectivity index (χ1n) is 5.63. The summed E-state index contributed by atoms with van der Waals surface area (Å²) in [5.74, 6) is 0.972. The summed E-state index contributed by atoms with van der Waals surface area (Å²) < 4.78 is 5.50. The van der Waals surface area contributed by atoms with E-state index in [0.29, 0.717) is 13.0 Å². The molecular formula is C14H16O2. The summed E-state index contributed by atoms with van der Waals surface area (Å²) in [4.78, 5) is 12.0. The van der Waals surface area contributed by atoms with Gasteiger partial charge in [0.05, 0.1) is 5.92 Å². The number of hydrogen-bond donors (Lipinski definition) is 0. The SMILES string of the molecule is C=C(CC)CC(=O)C1COc2ccccc21. The first-order valence-corrected chi connectivity index (χ1v) is 5.63. The second-order valence-electron chi connectivity index (χ2n) is 4.15. The molecule has 1 aromatic rings. The van der Waals surface area contributed by atoms with Crippen molar-refractivity contribution in [2.75, 3.05) is 6.61 Å². The molecule has 2 rings (SSSR count). The van der Waals surface area contributed by atoms with Gasteiger partial charge in [-0.2, -0.15) is 0 Å². The van der Waals surface area contributed by atoms with Crippen molar-refractivity contribution in [3.63, 3.8) is 0 Å². The monoisotopic (exact) mass is 216 g/mol. The molecule has 1 aliphatic rings. The molecule has 2 nitrogen and oxygen atoms in total. The van der Waals surface area contributed by atoms with Crippen LogP contribution < -0.4 is 4.74 Å². The highest BCUT2D eigenvalue weighted by Crippen LogP contribution is 2.35. The maximum absolute atomic E-state index is 12.0. The number of rotatable bonds is 4. The van der Waals surface area contributed by atoms with E-state index >= 15 is 0 Å². The minimum atomic E-state index is -0.0977. The van der Waals surface area contributed by atoms with E-state index in [0.717, 1.165) is 23.3 Å². The van der Waals surface area contributed by atoms with Crippen LogP contribution in [0.1, 0.15) is 31.2 Å². The molecule has 16 heavy (non-hydrogen) atoms. The molecule has 0 aliphatic carbocycles. The van der Waals surface area contributed by atoms with E-state index in [1.807, 2.05) is 31.2 Å². The fraction of sp³-hybridized carbons (Fsp3) is 0.357. The lowest BCUT2D eigenvalue weighted by Gasteiger charge is -2.08. The van der Waals surface area contributed by atoms with Crippen LogP contribution in [0.2, 0.25) is 0 Å². The van der Waals surface area contributed by atoms with Gasteiger partial charge < -0.3 is 4.74 Å². The van der Waals surface area contributed by atoms with Gasteiger partial charge in [0.25, 0.3) is 0 Å². The standard InChI is InChI=1S/C14H16O2/c1-3-10(2)8-13(15)12-9-16-14-7-5-4-6-11(12)14/h4-7,12H,2-3,8-9H2,1H3. The molecule has 0 radical (unpaired) electrons. The van der Waals surface area contributed by atoms with Crippen LogP contribution in [0.3, 0.4) is 0 Å². The van der Waals surface area contributed by atoms with Crippen molar-refractivity contribution in [3.8, 4) is 5.75 Å². The fourth-order valence-electron chi connectivity index (χ4n) is 1.92. The fourth-order valence-corrected chi connectivity index (χ4v) is 1.92. The number of ketones is 1. The van der Waals surface area contributed by atoms with Crippen LogP contribution in [0.4, 0.5) is 0 Å². The Morgan fingerprint density at radius 1 is 1.50 bits per heavy atom. The van der Waals surface area contributed by atoms with E-state index in [2.05, 4.69) is 6.58 Å². The Bertz CT molecular complexity index is 420. The number of carbonyl (C=O) groups is 1. The average molecular weight is 216 g/mol. The summed E-state index contributed by atoms with van der Waals surface area (Å²) in [7, 11) is 0. The molecule has 0 aromatic heterocycles. The maximum Gasteiger partial charge on any atom is 0.147 e. The normalized spacial score (nSPS) is 17.7. The molecule has 1 heterocycles. The smallest absolute Gasteiger partial charge is 0.147 e. The Kier molecular flexibility index (Phi) is 3.09.